The van der Waals surface area contributed by atoms with E-state index in [0.717, 1.165) is 45.5 Å². The third kappa shape index (κ3) is 5.04. The number of hydrogen-bond acceptors (Lipinski definition) is 5. The van der Waals surface area contributed by atoms with Crippen LogP contribution in [0.3, 0.4) is 0 Å². The van der Waals surface area contributed by atoms with Gasteiger partial charge in [0.25, 0.3) is 0 Å². The van der Waals surface area contributed by atoms with E-state index in [1.165, 1.54) is 7.11 Å². The average Bonchev–Trinajstić information content (AvgIpc) is 2.96. The predicted molar refractivity (Wildman–Crippen MR) is 79.8 cm³/mol. The third-order valence-electron chi connectivity index (χ3n) is 3.87. The van der Waals surface area contributed by atoms with Gasteiger partial charge >= 0.3 is 5.97 Å². The summed E-state index contributed by atoms with van der Waals surface area (Å²) in [5.41, 5.74) is -0.653. The van der Waals surface area contributed by atoms with Crippen molar-refractivity contribution >= 4 is 5.97 Å². The number of carbonyl (C=O) groups excluding carboxylic acids is 1. The lowest BCUT2D eigenvalue weighted by Crippen LogP contribution is -2.58. The zero-order valence-corrected chi connectivity index (χ0v) is 13.4. The Hall–Kier alpha value is -0.650. The van der Waals surface area contributed by atoms with Crippen LogP contribution in [0, 0.1) is 0 Å². The van der Waals surface area contributed by atoms with Gasteiger partial charge < -0.3 is 14.8 Å². The smallest absolute Gasteiger partial charge is 0.327 e. The molecule has 1 N–H and O–H groups in total. The zero-order valence-electron chi connectivity index (χ0n) is 13.4. The Morgan fingerprint density at radius 1 is 1.50 bits per heavy atom. The highest BCUT2D eigenvalue weighted by Gasteiger charge is 2.36. The van der Waals surface area contributed by atoms with E-state index in [1.807, 2.05) is 6.92 Å². The molecule has 0 aromatic rings. The number of methoxy groups -OCH3 is 1. The number of esters is 1. The zero-order chi connectivity index (χ0) is 15.0. The first-order valence-electron chi connectivity index (χ1n) is 7.73. The lowest BCUT2D eigenvalue weighted by Gasteiger charge is -2.34. The summed E-state index contributed by atoms with van der Waals surface area (Å²) in [7, 11) is 1.45. The summed E-state index contributed by atoms with van der Waals surface area (Å²) in [4.78, 5) is 14.4. The van der Waals surface area contributed by atoms with Crippen molar-refractivity contribution in [2.24, 2.45) is 0 Å². The van der Waals surface area contributed by atoms with Gasteiger partial charge in [0.15, 0.2) is 0 Å². The number of rotatable bonds is 9. The first kappa shape index (κ1) is 17.4. The fraction of sp³-hybridized carbons (Fsp3) is 0.933. The minimum atomic E-state index is -0.653. The van der Waals surface area contributed by atoms with Gasteiger partial charge in [-0.25, -0.2) is 0 Å². The maximum Gasteiger partial charge on any atom is 0.327 e. The Balaban J connectivity index is 2.61. The van der Waals surface area contributed by atoms with Crippen LogP contribution in [0.15, 0.2) is 0 Å². The highest BCUT2D eigenvalue weighted by atomic mass is 16.5. The lowest BCUT2D eigenvalue weighted by atomic mass is 10.0. The molecule has 1 saturated heterocycles. The monoisotopic (exact) mass is 286 g/mol. The number of likely N-dealkylation sites (N-methyl/N-ethyl adjacent to an activating group) is 1. The lowest BCUT2D eigenvalue weighted by molar-refractivity contribution is -0.149. The quantitative estimate of drug-likeness (QED) is 0.650. The Labute approximate surface area is 123 Å². The van der Waals surface area contributed by atoms with Crippen molar-refractivity contribution in [2.75, 3.05) is 39.9 Å². The molecule has 5 heteroatoms. The summed E-state index contributed by atoms with van der Waals surface area (Å²) in [5.74, 6) is -0.197. The molecule has 0 radical (unpaired) electrons. The molecule has 0 aliphatic carbocycles. The molecule has 0 aromatic carbocycles. The fourth-order valence-electron chi connectivity index (χ4n) is 2.65. The number of nitrogens with zero attached hydrogens (tertiary/aromatic N) is 1. The first-order chi connectivity index (χ1) is 9.55. The van der Waals surface area contributed by atoms with Gasteiger partial charge in [-0.1, -0.05) is 13.8 Å². The second-order valence-electron chi connectivity index (χ2n) is 5.71. The van der Waals surface area contributed by atoms with Gasteiger partial charge in [-0.3, -0.25) is 9.69 Å². The van der Waals surface area contributed by atoms with Gasteiger partial charge in [-0.05, 0) is 39.3 Å². The molecule has 1 fully saturated rings. The Kier molecular flexibility index (Phi) is 7.48. The molecule has 0 aromatic heterocycles. The molecule has 2 atom stereocenters. The van der Waals surface area contributed by atoms with E-state index in [4.69, 9.17) is 9.47 Å². The molecule has 0 amide bonds. The van der Waals surface area contributed by atoms with Gasteiger partial charge in [0.05, 0.1) is 13.2 Å². The van der Waals surface area contributed by atoms with Crippen molar-refractivity contribution in [1.29, 1.82) is 0 Å². The number of hydrogen-bond donors (Lipinski definition) is 1. The molecule has 5 nitrogen and oxygen atoms in total. The van der Waals surface area contributed by atoms with Crippen LogP contribution in [0.1, 0.15) is 40.0 Å². The van der Waals surface area contributed by atoms with E-state index in [2.05, 4.69) is 24.1 Å². The fourth-order valence-corrected chi connectivity index (χ4v) is 2.65. The largest absolute Gasteiger partial charge is 0.468 e. The molecule has 0 spiro atoms. The van der Waals surface area contributed by atoms with Crippen molar-refractivity contribution in [3.8, 4) is 0 Å². The first-order valence-corrected chi connectivity index (χ1v) is 7.73. The maximum atomic E-state index is 12.1. The summed E-state index contributed by atoms with van der Waals surface area (Å²) in [6, 6.07) is 0. The Morgan fingerprint density at radius 2 is 2.25 bits per heavy atom. The van der Waals surface area contributed by atoms with Gasteiger partial charge in [0, 0.05) is 19.7 Å². The van der Waals surface area contributed by atoms with Gasteiger partial charge in [-0.2, -0.15) is 0 Å². The normalized spacial score (nSPS) is 21.9. The average molecular weight is 286 g/mol. The molecule has 0 saturated carbocycles. The van der Waals surface area contributed by atoms with E-state index in [-0.39, 0.29) is 5.97 Å². The van der Waals surface area contributed by atoms with Gasteiger partial charge in [0.2, 0.25) is 0 Å². The molecular formula is C15H30N2O3. The van der Waals surface area contributed by atoms with E-state index in [0.29, 0.717) is 12.6 Å². The SMILES string of the molecule is CCCNC(C)(CN(CC)CC1CCCO1)C(=O)OC. The van der Waals surface area contributed by atoms with Gasteiger partial charge in [0.1, 0.15) is 5.54 Å². The summed E-state index contributed by atoms with van der Waals surface area (Å²) in [6.45, 7) is 10.2. The second kappa shape index (κ2) is 8.60. The molecule has 2 unspecified atom stereocenters. The van der Waals surface area contributed by atoms with Crippen molar-refractivity contribution in [2.45, 2.75) is 51.7 Å². The summed E-state index contributed by atoms with van der Waals surface area (Å²) >= 11 is 0. The minimum absolute atomic E-state index is 0.197. The van der Waals surface area contributed by atoms with Crippen LogP contribution in [0.4, 0.5) is 0 Å². The molecule has 1 aliphatic rings. The molecule has 1 aliphatic heterocycles. The van der Waals surface area contributed by atoms with Crippen LogP contribution in [0.5, 0.6) is 0 Å². The van der Waals surface area contributed by atoms with Crippen LogP contribution in [0.25, 0.3) is 0 Å². The van der Waals surface area contributed by atoms with E-state index in [1.54, 1.807) is 0 Å². The van der Waals surface area contributed by atoms with E-state index >= 15 is 0 Å². The third-order valence-corrected chi connectivity index (χ3v) is 3.87. The summed E-state index contributed by atoms with van der Waals surface area (Å²) < 4.78 is 10.7. The summed E-state index contributed by atoms with van der Waals surface area (Å²) in [6.07, 6.45) is 3.56. The van der Waals surface area contributed by atoms with E-state index in [9.17, 15) is 4.79 Å². The molecule has 1 rings (SSSR count). The van der Waals surface area contributed by atoms with E-state index < -0.39 is 5.54 Å². The van der Waals surface area contributed by atoms with Gasteiger partial charge in [-0.15, -0.1) is 0 Å². The van der Waals surface area contributed by atoms with Crippen molar-refractivity contribution in [3.63, 3.8) is 0 Å². The molecule has 0 bridgehead atoms. The van der Waals surface area contributed by atoms with Crippen LogP contribution >= 0.6 is 0 Å². The standard InChI is InChI=1S/C15H30N2O3/c1-5-9-16-15(3,14(18)19-4)12-17(6-2)11-13-8-7-10-20-13/h13,16H,5-12H2,1-4H3. The van der Waals surface area contributed by atoms with Crippen molar-refractivity contribution in [3.05, 3.63) is 0 Å². The molecule has 20 heavy (non-hydrogen) atoms. The van der Waals surface area contributed by atoms with Crippen molar-refractivity contribution in [1.82, 2.24) is 10.2 Å². The summed E-state index contributed by atoms with van der Waals surface area (Å²) in [5, 5.41) is 3.33. The number of carbonyl (C=O) groups is 1. The van der Waals surface area contributed by atoms with Crippen LogP contribution < -0.4 is 5.32 Å². The molecule has 118 valence electrons. The highest BCUT2D eigenvalue weighted by molar-refractivity contribution is 5.80. The van der Waals surface area contributed by atoms with Crippen molar-refractivity contribution < 1.29 is 14.3 Å². The minimum Gasteiger partial charge on any atom is -0.468 e. The topological polar surface area (TPSA) is 50.8 Å². The molecule has 1 heterocycles. The van der Waals surface area contributed by atoms with Crippen LogP contribution in [-0.2, 0) is 14.3 Å². The second-order valence-corrected chi connectivity index (χ2v) is 5.71. The highest BCUT2D eigenvalue weighted by Crippen LogP contribution is 2.16. The Morgan fingerprint density at radius 3 is 2.75 bits per heavy atom. The maximum absolute atomic E-state index is 12.1. The van der Waals surface area contributed by atoms with Crippen LogP contribution in [-0.4, -0.2) is 62.4 Å². The predicted octanol–water partition coefficient (Wildman–Crippen LogP) is 1.42. The Bertz CT molecular complexity index is 293. The number of ether oxygens (including phenoxy) is 2. The van der Waals surface area contributed by atoms with Crippen LogP contribution in [0.2, 0.25) is 0 Å². The molecular weight excluding hydrogens is 256 g/mol. The number of nitrogens with one attached hydrogen (secondary N) is 1.